The molecular weight excluding hydrogens is 342 g/mol. The molecule has 6 nitrogen and oxygen atoms in total. The Morgan fingerprint density at radius 1 is 1.04 bits per heavy atom. The van der Waals surface area contributed by atoms with Gasteiger partial charge in [-0.05, 0) is 41.8 Å². The highest BCUT2D eigenvalue weighted by atomic mass is 32.2. The molecule has 0 saturated heterocycles. The van der Waals surface area contributed by atoms with Gasteiger partial charge in [0.25, 0.3) is 0 Å². The molecule has 0 radical (unpaired) electrons. The van der Waals surface area contributed by atoms with Crippen molar-refractivity contribution in [3.05, 3.63) is 53.6 Å². The van der Waals surface area contributed by atoms with Gasteiger partial charge < -0.3 is 15.5 Å². The summed E-state index contributed by atoms with van der Waals surface area (Å²) in [6, 6.07) is 10.8. The molecule has 0 aromatic heterocycles. The number of aromatic hydroxyl groups is 2. The molecule has 1 unspecified atom stereocenters. The van der Waals surface area contributed by atoms with Gasteiger partial charge in [-0.2, -0.15) is 0 Å². The molecule has 2 aromatic rings. The molecule has 0 fully saturated rings. The van der Waals surface area contributed by atoms with E-state index in [0.29, 0.717) is 13.0 Å². The van der Waals surface area contributed by atoms with Crippen LogP contribution in [0.15, 0.2) is 47.4 Å². The first-order valence-electron chi connectivity index (χ1n) is 7.74. The standard InChI is InChI=1S/C18H21NO5S/c1-12(9-14-5-8-16(20)17(21)10-14)18(22)19-11-13-3-6-15(7-4-13)25(2,23)24/h3-8,10,12,20-21H,9,11H2,1-2H3,(H,19,22). The Morgan fingerprint density at radius 2 is 1.64 bits per heavy atom. The molecule has 134 valence electrons. The van der Waals surface area contributed by atoms with Crippen molar-refractivity contribution in [1.82, 2.24) is 5.32 Å². The van der Waals surface area contributed by atoms with Crippen LogP contribution in [-0.2, 0) is 27.6 Å². The summed E-state index contributed by atoms with van der Waals surface area (Å²) in [4.78, 5) is 12.4. The second-order valence-electron chi connectivity index (χ2n) is 6.06. The van der Waals surface area contributed by atoms with Crippen LogP contribution in [0.25, 0.3) is 0 Å². The molecule has 0 aliphatic heterocycles. The van der Waals surface area contributed by atoms with Crippen molar-refractivity contribution in [3.63, 3.8) is 0 Å². The van der Waals surface area contributed by atoms with Crippen molar-refractivity contribution in [3.8, 4) is 11.5 Å². The topological polar surface area (TPSA) is 104 Å². The fourth-order valence-corrected chi connectivity index (χ4v) is 2.99. The molecule has 3 N–H and O–H groups in total. The molecular formula is C18H21NO5S. The lowest BCUT2D eigenvalue weighted by atomic mass is 10.00. The first-order valence-corrected chi connectivity index (χ1v) is 9.63. The van der Waals surface area contributed by atoms with Crippen molar-refractivity contribution in [2.24, 2.45) is 5.92 Å². The van der Waals surface area contributed by atoms with Crippen LogP contribution in [0.2, 0.25) is 0 Å². The van der Waals surface area contributed by atoms with Gasteiger partial charge in [-0.25, -0.2) is 8.42 Å². The van der Waals surface area contributed by atoms with E-state index in [4.69, 9.17) is 0 Å². The van der Waals surface area contributed by atoms with E-state index in [9.17, 15) is 23.4 Å². The van der Waals surface area contributed by atoms with Crippen LogP contribution in [0.5, 0.6) is 11.5 Å². The second-order valence-corrected chi connectivity index (χ2v) is 8.08. The largest absolute Gasteiger partial charge is 0.504 e. The molecule has 0 saturated carbocycles. The number of hydrogen-bond donors (Lipinski definition) is 3. The van der Waals surface area contributed by atoms with E-state index in [1.54, 1.807) is 25.1 Å². The molecule has 0 heterocycles. The van der Waals surface area contributed by atoms with Gasteiger partial charge in [-0.1, -0.05) is 25.1 Å². The van der Waals surface area contributed by atoms with Crippen molar-refractivity contribution in [1.29, 1.82) is 0 Å². The van der Waals surface area contributed by atoms with Crippen molar-refractivity contribution in [2.45, 2.75) is 24.8 Å². The molecule has 2 rings (SSSR count). The number of phenolic OH excluding ortho intramolecular Hbond substituents is 2. The summed E-state index contributed by atoms with van der Waals surface area (Å²) < 4.78 is 22.8. The highest BCUT2D eigenvalue weighted by molar-refractivity contribution is 7.90. The number of amides is 1. The summed E-state index contributed by atoms with van der Waals surface area (Å²) in [5.41, 5.74) is 1.55. The van der Waals surface area contributed by atoms with Crippen LogP contribution in [0.3, 0.4) is 0 Å². The fourth-order valence-electron chi connectivity index (χ4n) is 2.36. The second kappa shape index (κ2) is 7.57. The van der Waals surface area contributed by atoms with Crippen molar-refractivity contribution >= 4 is 15.7 Å². The Bertz CT molecular complexity index is 860. The Morgan fingerprint density at radius 3 is 2.20 bits per heavy atom. The number of phenols is 2. The number of hydrogen-bond acceptors (Lipinski definition) is 5. The fraction of sp³-hybridized carbons (Fsp3) is 0.278. The molecule has 0 aliphatic rings. The quantitative estimate of drug-likeness (QED) is 0.681. The molecule has 2 aromatic carbocycles. The van der Waals surface area contributed by atoms with Gasteiger partial charge in [0.05, 0.1) is 4.90 Å². The van der Waals surface area contributed by atoms with E-state index in [1.165, 1.54) is 24.3 Å². The average molecular weight is 363 g/mol. The van der Waals surface area contributed by atoms with Crippen LogP contribution in [0.1, 0.15) is 18.1 Å². The lowest BCUT2D eigenvalue weighted by Gasteiger charge is -2.13. The zero-order valence-electron chi connectivity index (χ0n) is 14.1. The zero-order chi connectivity index (χ0) is 18.6. The maximum Gasteiger partial charge on any atom is 0.223 e. The summed E-state index contributed by atoms with van der Waals surface area (Å²) in [7, 11) is -3.23. The zero-order valence-corrected chi connectivity index (χ0v) is 14.9. The maximum atomic E-state index is 12.2. The lowest BCUT2D eigenvalue weighted by molar-refractivity contribution is -0.124. The summed E-state index contributed by atoms with van der Waals surface area (Å²) in [6.45, 7) is 2.07. The van der Waals surface area contributed by atoms with Crippen molar-refractivity contribution in [2.75, 3.05) is 6.26 Å². The first-order chi connectivity index (χ1) is 11.7. The number of carbonyl (C=O) groups is 1. The van der Waals surface area contributed by atoms with E-state index >= 15 is 0 Å². The summed E-state index contributed by atoms with van der Waals surface area (Å²) in [5, 5.41) is 21.6. The maximum absolute atomic E-state index is 12.2. The SMILES string of the molecule is CC(Cc1ccc(O)c(O)c1)C(=O)NCc1ccc(S(C)(=O)=O)cc1. The molecule has 7 heteroatoms. The van der Waals surface area contributed by atoms with Gasteiger partial charge in [0.2, 0.25) is 5.91 Å². The molecule has 0 spiro atoms. The first kappa shape index (κ1) is 18.8. The Balaban J connectivity index is 1.91. The molecule has 1 atom stereocenters. The predicted molar refractivity (Wildman–Crippen MR) is 94.0 cm³/mol. The van der Waals surface area contributed by atoms with Gasteiger partial charge in [0, 0.05) is 18.7 Å². The summed E-state index contributed by atoms with van der Waals surface area (Å²) in [6.07, 6.45) is 1.57. The molecule has 1 amide bonds. The smallest absolute Gasteiger partial charge is 0.223 e. The van der Waals surface area contributed by atoms with E-state index < -0.39 is 9.84 Å². The minimum atomic E-state index is -3.23. The minimum Gasteiger partial charge on any atom is -0.504 e. The lowest BCUT2D eigenvalue weighted by Crippen LogP contribution is -2.29. The average Bonchev–Trinajstić information content (AvgIpc) is 2.55. The van der Waals surface area contributed by atoms with Gasteiger partial charge in [0.1, 0.15) is 0 Å². The van der Waals surface area contributed by atoms with Gasteiger partial charge in [-0.3, -0.25) is 4.79 Å². The number of sulfone groups is 1. The highest BCUT2D eigenvalue weighted by Crippen LogP contribution is 2.26. The van der Waals surface area contributed by atoms with Crippen LogP contribution in [0, 0.1) is 5.92 Å². The van der Waals surface area contributed by atoms with E-state index in [-0.39, 0.29) is 28.2 Å². The Kier molecular flexibility index (Phi) is 5.69. The third-order valence-corrected chi connectivity index (χ3v) is 4.98. The molecule has 0 bridgehead atoms. The van der Waals surface area contributed by atoms with Crippen LogP contribution < -0.4 is 5.32 Å². The third-order valence-electron chi connectivity index (χ3n) is 3.85. The van der Waals surface area contributed by atoms with Gasteiger partial charge in [-0.15, -0.1) is 0 Å². The van der Waals surface area contributed by atoms with E-state index in [2.05, 4.69) is 5.32 Å². The Labute approximate surface area is 147 Å². The van der Waals surface area contributed by atoms with Crippen LogP contribution in [-0.4, -0.2) is 30.8 Å². The normalized spacial score (nSPS) is 12.6. The Hall–Kier alpha value is -2.54. The van der Waals surface area contributed by atoms with Crippen LogP contribution >= 0.6 is 0 Å². The van der Waals surface area contributed by atoms with E-state index in [0.717, 1.165) is 17.4 Å². The minimum absolute atomic E-state index is 0.153. The van der Waals surface area contributed by atoms with Crippen LogP contribution in [0.4, 0.5) is 0 Å². The molecule has 25 heavy (non-hydrogen) atoms. The van der Waals surface area contributed by atoms with Crippen molar-refractivity contribution < 1.29 is 23.4 Å². The monoisotopic (exact) mass is 363 g/mol. The van der Waals surface area contributed by atoms with Gasteiger partial charge >= 0.3 is 0 Å². The van der Waals surface area contributed by atoms with Gasteiger partial charge in [0.15, 0.2) is 21.3 Å². The number of rotatable bonds is 6. The number of benzene rings is 2. The molecule has 0 aliphatic carbocycles. The number of carbonyl (C=O) groups excluding carboxylic acids is 1. The third kappa shape index (κ3) is 5.22. The highest BCUT2D eigenvalue weighted by Gasteiger charge is 2.14. The summed E-state index contributed by atoms with van der Waals surface area (Å²) >= 11 is 0. The number of nitrogens with one attached hydrogen (secondary N) is 1. The summed E-state index contributed by atoms with van der Waals surface area (Å²) in [5.74, 6) is -0.881. The van der Waals surface area contributed by atoms with E-state index in [1.807, 2.05) is 0 Å². The predicted octanol–water partition coefficient (Wildman–Crippen LogP) is 2.00.